The topological polar surface area (TPSA) is 102 Å². The second-order valence-electron chi connectivity index (χ2n) is 4.84. The predicted octanol–water partition coefficient (Wildman–Crippen LogP) is 3.98. The lowest BCUT2D eigenvalue weighted by molar-refractivity contribution is 0.0991. The lowest BCUT2D eigenvalue weighted by atomic mass is 10.4. The number of nitrogens with zero attached hydrogens (tertiary/aromatic N) is 2. The zero-order valence-electron chi connectivity index (χ0n) is 13.3. The van der Waals surface area contributed by atoms with E-state index in [1.165, 1.54) is 59.5 Å². The molecule has 0 unspecified atom stereocenters. The Bertz CT molecular complexity index is 1030. The van der Waals surface area contributed by atoms with Gasteiger partial charge < -0.3 is 4.42 Å². The van der Waals surface area contributed by atoms with Crippen molar-refractivity contribution in [3.8, 4) is 0 Å². The minimum absolute atomic E-state index is 0.0218. The second kappa shape index (κ2) is 7.78. The van der Waals surface area contributed by atoms with Gasteiger partial charge >= 0.3 is 0 Å². The summed E-state index contributed by atoms with van der Waals surface area (Å²) in [5.74, 6) is 0.0938. The van der Waals surface area contributed by atoms with Gasteiger partial charge in [-0.25, -0.2) is 8.42 Å². The van der Waals surface area contributed by atoms with Gasteiger partial charge in [-0.2, -0.15) is 0 Å². The number of anilines is 1. The van der Waals surface area contributed by atoms with E-state index in [1.807, 2.05) is 6.92 Å². The zero-order chi connectivity index (χ0) is 18.7. The lowest BCUT2D eigenvalue weighted by Gasteiger charge is -2.01. The Morgan fingerprint density at radius 2 is 1.96 bits per heavy atom. The van der Waals surface area contributed by atoms with E-state index in [2.05, 4.69) is 15.5 Å². The van der Waals surface area contributed by atoms with Crippen LogP contribution in [0.4, 0.5) is 5.13 Å². The molecule has 26 heavy (non-hydrogen) atoms. The average Bonchev–Trinajstić information content (AvgIpc) is 3.25. The van der Waals surface area contributed by atoms with Gasteiger partial charge in [0.05, 0.1) is 4.90 Å². The lowest BCUT2D eigenvalue weighted by Crippen LogP contribution is -2.10. The van der Waals surface area contributed by atoms with Crippen LogP contribution in [0.25, 0.3) is 0 Å². The highest BCUT2D eigenvalue weighted by atomic mass is 35.5. The molecule has 1 N–H and O–H groups in total. The van der Waals surface area contributed by atoms with Gasteiger partial charge in [-0.1, -0.05) is 41.6 Å². The third-order valence-electron chi connectivity index (χ3n) is 3.09. The molecule has 3 rings (SSSR count). The SMILES string of the molecule is CCSc1nnc(NC(=O)c2ccc(S(=O)(=O)c3ccc(Cl)cc3)o2)s1. The summed E-state index contributed by atoms with van der Waals surface area (Å²) in [4.78, 5) is 12.2. The smallest absolute Gasteiger partial charge is 0.293 e. The van der Waals surface area contributed by atoms with E-state index in [9.17, 15) is 13.2 Å². The minimum atomic E-state index is -3.88. The fraction of sp³-hybridized carbons (Fsp3) is 0.133. The first kappa shape index (κ1) is 18.9. The maximum atomic E-state index is 12.5. The van der Waals surface area contributed by atoms with Crippen LogP contribution in [0.1, 0.15) is 17.5 Å². The molecule has 7 nitrogen and oxygen atoms in total. The van der Waals surface area contributed by atoms with E-state index >= 15 is 0 Å². The van der Waals surface area contributed by atoms with Crippen molar-refractivity contribution in [2.45, 2.75) is 21.3 Å². The summed E-state index contributed by atoms with van der Waals surface area (Å²) in [6.07, 6.45) is 0. The van der Waals surface area contributed by atoms with Crippen molar-refractivity contribution >= 4 is 55.6 Å². The molecule has 3 aromatic rings. The van der Waals surface area contributed by atoms with Crippen LogP contribution in [0.5, 0.6) is 0 Å². The quantitative estimate of drug-likeness (QED) is 0.467. The van der Waals surface area contributed by atoms with E-state index in [0.717, 1.165) is 10.1 Å². The Morgan fingerprint density at radius 3 is 2.65 bits per heavy atom. The van der Waals surface area contributed by atoms with Gasteiger partial charge in [-0.3, -0.25) is 10.1 Å². The van der Waals surface area contributed by atoms with Gasteiger partial charge in [0, 0.05) is 5.02 Å². The number of aromatic nitrogens is 2. The first-order valence-corrected chi connectivity index (χ1v) is 10.9. The Balaban J connectivity index is 1.78. The van der Waals surface area contributed by atoms with Crippen LogP contribution in [0, 0.1) is 0 Å². The first-order chi connectivity index (χ1) is 12.4. The molecular weight excluding hydrogens is 418 g/mol. The molecule has 0 fully saturated rings. The van der Waals surface area contributed by atoms with Crippen LogP contribution in [0.2, 0.25) is 5.02 Å². The number of benzene rings is 1. The van der Waals surface area contributed by atoms with Gasteiger partial charge in [0.1, 0.15) is 0 Å². The van der Waals surface area contributed by atoms with Gasteiger partial charge in [-0.05, 0) is 42.2 Å². The molecular formula is C15H12ClN3O4S3. The Kier molecular flexibility index (Phi) is 5.66. The zero-order valence-corrected chi connectivity index (χ0v) is 16.5. The van der Waals surface area contributed by atoms with E-state index in [4.69, 9.17) is 16.0 Å². The summed E-state index contributed by atoms with van der Waals surface area (Å²) < 4.78 is 31.0. The third kappa shape index (κ3) is 4.09. The van der Waals surface area contributed by atoms with Crippen molar-refractivity contribution in [3.63, 3.8) is 0 Å². The number of hydrogen-bond donors (Lipinski definition) is 1. The second-order valence-corrected chi connectivity index (χ2v) is 9.64. The Morgan fingerprint density at radius 1 is 1.23 bits per heavy atom. The molecule has 11 heteroatoms. The van der Waals surface area contributed by atoms with Crippen LogP contribution in [0.15, 0.2) is 55.1 Å². The van der Waals surface area contributed by atoms with Crippen molar-refractivity contribution in [2.75, 3.05) is 11.1 Å². The molecule has 136 valence electrons. The van der Waals surface area contributed by atoms with Gasteiger partial charge in [-0.15, -0.1) is 10.2 Å². The van der Waals surface area contributed by atoms with Gasteiger partial charge in [0.2, 0.25) is 20.1 Å². The molecule has 0 aliphatic rings. The van der Waals surface area contributed by atoms with E-state index in [0.29, 0.717) is 10.2 Å². The Hall–Kier alpha value is -1.88. The fourth-order valence-electron chi connectivity index (χ4n) is 1.92. The summed E-state index contributed by atoms with van der Waals surface area (Å²) in [7, 11) is -3.88. The van der Waals surface area contributed by atoms with E-state index < -0.39 is 15.7 Å². The normalized spacial score (nSPS) is 11.5. The molecule has 2 aromatic heterocycles. The number of amides is 1. The van der Waals surface area contributed by atoms with Crippen molar-refractivity contribution in [1.29, 1.82) is 0 Å². The molecule has 1 aromatic carbocycles. The summed E-state index contributed by atoms with van der Waals surface area (Å²) in [5.41, 5.74) is 0. The summed E-state index contributed by atoms with van der Waals surface area (Å²) in [6, 6.07) is 8.19. The highest BCUT2D eigenvalue weighted by Gasteiger charge is 2.24. The maximum Gasteiger partial charge on any atom is 0.293 e. The number of carbonyl (C=O) groups excluding carboxylic acids is 1. The molecule has 0 aliphatic heterocycles. The van der Waals surface area contributed by atoms with Crippen LogP contribution in [-0.4, -0.2) is 30.3 Å². The molecule has 1 amide bonds. The molecule has 0 saturated heterocycles. The van der Waals surface area contributed by atoms with E-state index in [1.54, 1.807) is 0 Å². The van der Waals surface area contributed by atoms with E-state index in [-0.39, 0.29) is 15.7 Å². The number of furan rings is 1. The van der Waals surface area contributed by atoms with Crippen molar-refractivity contribution in [2.24, 2.45) is 0 Å². The Labute approximate surface area is 162 Å². The van der Waals surface area contributed by atoms with Crippen molar-refractivity contribution in [3.05, 3.63) is 47.2 Å². The van der Waals surface area contributed by atoms with Gasteiger partial charge in [0.25, 0.3) is 5.91 Å². The third-order valence-corrected chi connectivity index (χ3v) is 6.84. The summed E-state index contributed by atoms with van der Waals surface area (Å²) in [5, 5.41) is 10.7. The van der Waals surface area contributed by atoms with Gasteiger partial charge in [0.15, 0.2) is 10.1 Å². The summed E-state index contributed by atoms with van der Waals surface area (Å²) >= 11 is 8.50. The standard InChI is InChI=1S/C15H12ClN3O4S3/c1-2-24-15-19-18-14(25-15)17-13(20)11-7-8-12(23-11)26(21,22)10-5-3-9(16)4-6-10/h3-8H,2H2,1H3,(H,17,18,20). The monoisotopic (exact) mass is 429 g/mol. The van der Waals surface area contributed by atoms with Crippen LogP contribution < -0.4 is 5.32 Å². The number of thioether (sulfide) groups is 1. The number of hydrogen-bond acceptors (Lipinski definition) is 8. The van der Waals surface area contributed by atoms with Crippen LogP contribution in [-0.2, 0) is 9.84 Å². The number of sulfone groups is 1. The molecule has 0 radical (unpaired) electrons. The number of nitrogens with one attached hydrogen (secondary N) is 1. The molecule has 0 saturated carbocycles. The van der Waals surface area contributed by atoms with Crippen LogP contribution in [0.3, 0.4) is 0 Å². The molecule has 2 heterocycles. The fourth-order valence-corrected chi connectivity index (χ4v) is 4.86. The van der Waals surface area contributed by atoms with Crippen molar-refractivity contribution < 1.29 is 17.6 Å². The molecule has 0 aliphatic carbocycles. The number of carbonyl (C=O) groups is 1. The first-order valence-electron chi connectivity index (χ1n) is 7.28. The average molecular weight is 430 g/mol. The minimum Gasteiger partial charge on any atom is -0.439 e. The summed E-state index contributed by atoms with van der Waals surface area (Å²) in [6.45, 7) is 1.98. The largest absolute Gasteiger partial charge is 0.439 e. The predicted molar refractivity (Wildman–Crippen MR) is 99.9 cm³/mol. The highest BCUT2D eigenvalue weighted by molar-refractivity contribution is 8.01. The molecule has 0 atom stereocenters. The maximum absolute atomic E-state index is 12.5. The number of halogens is 1. The molecule has 0 bridgehead atoms. The highest BCUT2D eigenvalue weighted by Crippen LogP contribution is 2.27. The molecule has 0 spiro atoms. The number of rotatable bonds is 6. The van der Waals surface area contributed by atoms with Crippen LogP contribution >= 0.6 is 34.7 Å². The van der Waals surface area contributed by atoms with Crippen molar-refractivity contribution in [1.82, 2.24) is 10.2 Å².